The molecule has 0 bridgehead atoms. The maximum absolute atomic E-state index is 6.20. The van der Waals surface area contributed by atoms with Gasteiger partial charge in [0.2, 0.25) is 0 Å². The molecule has 0 amide bonds. The number of methoxy groups -OCH3 is 1. The summed E-state index contributed by atoms with van der Waals surface area (Å²) < 4.78 is 17.1. The zero-order valence-electron chi connectivity index (χ0n) is 15.8. The molecule has 0 aromatic heterocycles. The summed E-state index contributed by atoms with van der Waals surface area (Å²) in [7, 11) is -0.0813. The van der Waals surface area contributed by atoms with Crippen LogP contribution in [0, 0.1) is 0 Å². The molecule has 1 aromatic rings. The van der Waals surface area contributed by atoms with E-state index < -0.39 is 8.32 Å². The first kappa shape index (κ1) is 21.2. The van der Waals surface area contributed by atoms with Crippen LogP contribution in [-0.4, -0.2) is 28.6 Å². The Morgan fingerprint density at radius 1 is 1.17 bits per heavy atom. The zero-order valence-corrected chi connectivity index (χ0v) is 17.6. The Morgan fingerprint density at radius 3 is 2.29 bits per heavy atom. The predicted molar refractivity (Wildman–Crippen MR) is 104 cm³/mol. The number of hydrogen-bond acceptors (Lipinski definition) is 3. The minimum Gasteiger partial charge on any atom is -0.497 e. The van der Waals surface area contributed by atoms with Crippen molar-refractivity contribution in [3.05, 3.63) is 40.9 Å². The number of rotatable bonds is 9. The van der Waals surface area contributed by atoms with Crippen LogP contribution in [0.5, 0.6) is 5.75 Å². The molecule has 0 spiro atoms. The molecular formula is C19H31ClO3Si. The lowest BCUT2D eigenvalue weighted by Crippen LogP contribution is -2.41. The number of halogens is 1. The highest BCUT2D eigenvalue weighted by molar-refractivity contribution is 6.74. The monoisotopic (exact) mass is 370 g/mol. The molecule has 0 aliphatic heterocycles. The molecule has 0 aliphatic rings. The topological polar surface area (TPSA) is 27.7 Å². The molecule has 1 rings (SSSR count). The molecule has 3 nitrogen and oxygen atoms in total. The standard InChI is InChI=1S/C19H31ClO3Si/c1-19(2,3)24(5,6)23-15-17(13-20)11-12-22-14-16-7-9-18(21-4)10-8-16/h7-10,13H,11-12,14-15H2,1-6H3. The Hall–Kier alpha value is -0.813. The lowest BCUT2D eigenvalue weighted by atomic mass is 10.2. The third-order valence-corrected chi connectivity index (χ3v) is 9.36. The van der Waals surface area contributed by atoms with Crippen LogP contribution in [0.3, 0.4) is 0 Å². The molecule has 0 unspecified atom stereocenters. The van der Waals surface area contributed by atoms with Crippen molar-refractivity contribution in [3.63, 3.8) is 0 Å². The van der Waals surface area contributed by atoms with Crippen molar-refractivity contribution in [3.8, 4) is 5.75 Å². The van der Waals surface area contributed by atoms with Crippen molar-refractivity contribution < 1.29 is 13.9 Å². The maximum Gasteiger partial charge on any atom is 0.192 e. The van der Waals surface area contributed by atoms with Gasteiger partial charge in [-0.2, -0.15) is 0 Å². The van der Waals surface area contributed by atoms with Crippen LogP contribution in [-0.2, 0) is 15.8 Å². The highest BCUT2D eigenvalue weighted by Crippen LogP contribution is 2.36. The molecule has 0 radical (unpaired) electrons. The molecule has 0 atom stereocenters. The summed E-state index contributed by atoms with van der Waals surface area (Å²) in [6.45, 7) is 13.0. The molecule has 0 aliphatic carbocycles. The molecule has 5 heteroatoms. The first-order chi connectivity index (χ1) is 11.2. The summed E-state index contributed by atoms with van der Waals surface area (Å²) in [5, 5.41) is 0.204. The van der Waals surface area contributed by atoms with Crippen LogP contribution in [0.25, 0.3) is 0 Å². The third-order valence-electron chi connectivity index (χ3n) is 4.57. The fourth-order valence-corrected chi connectivity index (χ4v) is 2.91. The van der Waals surface area contributed by atoms with Gasteiger partial charge in [-0.3, -0.25) is 0 Å². The van der Waals surface area contributed by atoms with E-state index in [0.717, 1.165) is 23.3 Å². The molecular weight excluding hydrogens is 340 g/mol. The van der Waals surface area contributed by atoms with Crippen LogP contribution < -0.4 is 4.74 Å². The maximum atomic E-state index is 6.20. The van der Waals surface area contributed by atoms with Crippen molar-refractivity contribution in [2.75, 3.05) is 20.3 Å². The van der Waals surface area contributed by atoms with Gasteiger partial charge in [0, 0.05) is 5.54 Å². The second kappa shape index (κ2) is 9.61. The lowest BCUT2D eigenvalue weighted by Gasteiger charge is -2.36. The smallest absolute Gasteiger partial charge is 0.192 e. The summed E-state index contributed by atoms with van der Waals surface area (Å²) in [5.74, 6) is 0.855. The third kappa shape index (κ3) is 6.97. The fourth-order valence-electron chi connectivity index (χ4n) is 1.76. The van der Waals surface area contributed by atoms with Gasteiger partial charge >= 0.3 is 0 Å². The van der Waals surface area contributed by atoms with E-state index in [2.05, 4.69) is 33.9 Å². The van der Waals surface area contributed by atoms with Crippen LogP contribution in [0.4, 0.5) is 0 Å². The van der Waals surface area contributed by atoms with E-state index in [1.165, 1.54) is 0 Å². The Kier molecular flexibility index (Phi) is 8.50. The molecule has 0 N–H and O–H groups in total. The summed E-state index contributed by atoms with van der Waals surface area (Å²) in [6.07, 6.45) is 0.786. The molecule has 136 valence electrons. The summed E-state index contributed by atoms with van der Waals surface area (Å²) in [4.78, 5) is 0. The average Bonchev–Trinajstić information content (AvgIpc) is 2.53. The number of ether oxygens (including phenoxy) is 2. The zero-order chi connectivity index (χ0) is 18.2. The van der Waals surface area contributed by atoms with Gasteiger partial charge in [-0.05, 0) is 47.8 Å². The van der Waals surface area contributed by atoms with Gasteiger partial charge in [-0.1, -0.05) is 44.5 Å². The average molecular weight is 371 g/mol. The molecule has 0 saturated carbocycles. The van der Waals surface area contributed by atoms with Gasteiger partial charge < -0.3 is 13.9 Å². The number of benzene rings is 1. The van der Waals surface area contributed by atoms with Gasteiger partial charge in [0.25, 0.3) is 0 Å². The summed E-state index contributed by atoms with van der Waals surface area (Å²) >= 11 is 5.94. The van der Waals surface area contributed by atoms with Gasteiger partial charge in [-0.25, -0.2) is 0 Å². The Labute approximate surface area is 153 Å². The molecule has 0 saturated heterocycles. The molecule has 24 heavy (non-hydrogen) atoms. The normalized spacial score (nSPS) is 13.2. The van der Waals surface area contributed by atoms with Gasteiger partial charge in [0.1, 0.15) is 5.75 Å². The first-order valence-electron chi connectivity index (χ1n) is 8.32. The van der Waals surface area contributed by atoms with E-state index in [1.807, 2.05) is 24.3 Å². The quantitative estimate of drug-likeness (QED) is 0.409. The van der Waals surface area contributed by atoms with E-state index in [4.69, 9.17) is 25.5 Å². The minimum absolute atomic E-state index is 0.204. The van der Waals surface area contributed by atoms with Crippen LogP contribution in [0.2, 0.25) is 18.1 Å². The Bertz CT molecular complexity index is 518. The van der Waals surface area contributed by atoms with E-state index in [0.29, 0.717) is 19.8 Å². The van der Waals surface area contributed by atoms with E-state index in [1.54, 1.807) is 12.6 Å². The highest BCUT2D eigenvalue weighted by atomic mass is 35.5. The van der Waals surface area contributed by atoms with Crippen molar-refractivity contribution in [2.24, 2.45) is 0 Å². The summed E-state index contributed by atoms with van der Waals surface area (Å²) in [6, 6.07) is 7.90. The second-order valence-corrected chi connectivity index (χ2v) is 12.5. The molecule has 0 fully saturated rings. The Balaban J connectivity index is 2.34. The number of hydrogen-bond donors (Lipinski definition) is 0. The van der Waals surface area contributed by atoms with Crippen molar-refractivity contribution >= 4 is 19.9 Å². The summed E-state index contributed by atoms with van der Waals surface area (Å²) in [5.41, 5.74) is 3.84. The van der Waals surface area contributed by atoms with Gasteiger partial charge in [-0.15, -0.1) is 0 Å². The molecule has 0 heterocycles. The van der Waals surface area contributed by atoms with Crippen molar-refractivity contribution in [2.45, 2.75) is 51.9 Å². The first-order valence-corrected chi connectivity index (χ1v) is 11.7. The van der Waals surface area contributed by atoms with Crippen molar-refractivity contribution in [1.29, 1.82) is 0 Å². The largest absolute Gasteiger partial charge is 0.497 e. The second-order valence-electron chi connectivity index (χ2n) is 7.47. The Morgan fingerprint density at radius 2 is 1.79 bits per heavy atom. The van der Waals surface area contributed by atoms with Gasteiger partial charge in [0.05, 0.1) is 26.9 Å². The van der Waals surface area contributed by atoms with Gasteiger partial charge in [0.15, 0.2) is 8.32 Å². The van der Waals surface area contributed by atoms with Crippen LogP contribution in [0.15, 0.2) is 35.4 Å². The van der Waals surface area contributed by atoms with E-state index in [-0.39, 0.29) is 5.04 Å². The van der Waals surface area contributed by atoms with Crippen molar-refractivity contribution in [1.82, 2.24) is 0 Å². The van der Waals surface area contributed by atoms with Crippen LogP contribution >= 0.6 is 11.6 Å². The van der Waals surface area contributed by atoms with E-state index in [9.17, 15) is 0 Å². The highest BCUT2D eigenvalue weighted by Gasteiger charge is 2.37. The minimum atomic E-state index is -1.75. The van der Waals surface area contributed by atoms with E-state index >= 15 is 0 Å². The molecule has 1 aromatic carbocycles. The SMILES string of the molecule is COc1ccc(COCCC(=CCl)CO[Si](C)(C)C(C)(C)C)cc1. The fraction of sp³-hybridized carbons (Fsp3) is 0.579. The van der Waals surface area contributed by atoms with Crippen LogP contribution in [0.1, 0.15) is 32.8 Å². The lowest BCUT2D eigenvalue weighted by molar-refractivity contribution is 0.122. The predicted octanol–water partition coefficient (Wildman–Crippen LogP) is 5.75.